The molecule has 0 fully saturated rings. The molecular formula is C15H20ClN3O. The number of rotatable bonds is 5. The van der Waals surface area contributed by atoms with Gasteiger partial charge in [-0.1, -0.05) is 6.92 Å². The van der Waals surface area contributed by atoms with Gasteiger partial charge in [-0.05, 0) is 50.6 Å². The topological polar surface area (TPSA) is 47.0 Å². The molecule has 1 N–H and O–H groups in total. The Morgan fingerprint density at radius 2 is 1.65 bits per heavy atom. The standard InChI is InChI=1S/C15H19N3O.ClH/c1-4-9-19-14-7-5-13(6-8-14)18-15-16-11(2)10-12(3)17-15;/h5-8,10H,4,9H2,1-3H3,(H,16,17,18);1H. The van der Waals surface area contributed by atoms with Gasteiger partial charge in [-0.2, -0.15) is 0 Å². The summed E-state index contributed by atoms with van der Waals surface area (Å²) in [4.78, 5) is 8.70. The number of anilines is 2. The second-order valence-corrected chi connectivity index (χ2v) is 4.47. The minimum absolute atomic E-state index is 0. The van der Waals surface area contributed by atoms with Gasteiger partial charge in [-0.25, -0.2) is 9.97 Å². The van der Waals surface area contributed by atoms with Crippen LogP contribution in [0.4, 0.5) is 11.6 Å². The molecule has 4 nitrogen and oxygen atoms in total. The third kappa shape index (κ3) is 4.70. The summed E-state index contributed by atoms with van der Waals surface area (Å²) in [6.45, 7) is 6.75. The van der Waals surface area contributed by atoms with Crippen LogP contribution in [0.1, 0.15) is 24.7 Å². The summed E-state index contributed by atoms with van der Waals surface area (Å²) >= 11 is 0. The van der Waals surface area contributed by atoms with Crippen molar-refractivity contribution in [2.24, 2.45) is 0 Å². The number of hydrogen-bond donors (Lipinski definition) is 1. The van der Waals surface area contributed by atoms with E-state index in [-0.39, 0.29) is 12.4 Å². The number of benzene rings is 1. The van der Waals surface area contributed by atoms with Crippen LogP contribution in [-0.2, 0) is 0 Å². The molecule has 5 heteroatoms. The van der Waals surface area contributed by atoms with Gasteiger partial charge in [0.15, 0.2) is 0 Å². The van der Waals surface area contributed by atoms with Crippen LogP contribution < -0.4 is 10.1 Å². The third-order valence-corrected chi connectivity index (χ3v) is 2.57. The first-order valence-corrected chi connectivity index (χ1v) is 6.49. The fraction of sp³-hybridized carbons (Fsp3) is 0.333. The van der Waals surface area contributed by atoms with Crippen molar-refractivity contribution in [3.8, 4) is 5.75 Å². The second kappa shape index (κ2) is 7.70. The van der Waals surface area contributed by atoms with Crippen molar-refractivity contribution >= 4 is 24.0 Å². The van der Waals surface area contributed by atoms with Crippen molar-refractivity contribution in [3.05, 3.63) is 41.7 Å². The van der Waals surface area contributed by atoms with Crippen molar-refractivity contribution in [1.82, 2.24) is 9.97 Å². The summed E-state index contributed by atoms with van der Waals surface area (Å²) < 4.78 is 5.54. The van der Waals surface area contributed by atoms with Gasteiger partial charge in [0.05, 0.1) is 6.61 Å². The summed E-state index contributed by atoms with van der Waals surface area (Å²) in [5.74, 6) is 1.51. The van der Waals surface area contributed by atoms with Gasteiger partial charge >= 0.3 is 0 Å². The van der Waals surface area contributed by atoms with Crippen LogP contribution in [0.2, 0.25) is 0 Å². The number of nitrogens with zero attached hydrogens (tertiary/aromatic N) is 2. The summed E-state index contributed by atoms with van der Waals surface area (Å²) in [7, 11) is 0. The minimum Gasteiger partial charge on any atom is -0.494 e. The van der Waals surface area contributed by atoms with Crippen LogP contribution in [0, 0.1) is 13.8 Å². The van der Waals surface area contributed by atoms with Crippen LogP contribution in [0.3, 0.4) is 0 Å². The van der Waals surface area contributed by atoms with Crippen molar-refractivity contribution in [3.63, 3.8) is 0 Å². The molecule has 0 bridgehead atoms. The number of hydrogen-bond acceptors (Lipinski definition) is 4. The van der Waals surface area contributed by atoms with Crippen molar-refractivity contribution in [2.75, 3.05) is 11.9 Å². The Morgan fingerprint density at radius 1 is 1.05 bits per heavy atom. The Morgan fingerprint density at radius 3 is 2.20 bits per heavy atom. The molecule has 0 amide bonds. The molecule has 0 aliphatic rings. The molecule has 0 saturated heterocycles. The molecule has 0 spiro atoms. The van der Waals surface area contributed by atoms with Gasteiger partial charge in [-0.15, -0.1) is 12.4 Å². The molecular weight excluding hydrogens is 274 g/mol. The molecule has 1 aromatic carbocycles. The van der Waals surface area contributed by atoms with Gasteiger partial charge in [-0.3, -0.25) is 0 Å². The maximum atomic E-state index is 5.54. The lowest BCUT2D eigenvalue weighted by Gasteiger charge is -2.08. The number of nitrogens with one attached hydrogen (secondary N) is 1. The Balaban J connectivity index is 0.00000200. The lowest BCUT2D eigenvalue weighted by Crippen LogP contribution is -2.00. The monoisotopic (exact) mass is 293 g/mol. The molecule has 1 aromatic heterocycles. The lowest BCUT2D eigenvalue weighted by atomic mass is 10.3. The van der Waals surface area contributed by atoms with E-state index < -0.39 is 0 Å². The summed E-state index contributed by atoms with van der Waals surface area (Å²) in [5.41, 5.74) is 2.87. The minimum atomic E-state index is 0. The van der Waals surface area contributed by atoms with Gasteiger partial charge in [0.1, 0.15) is 5.75 Å². The molecule has 0 radical (unpaired) electrons. The van der Waals surface area contributed by atoms with E-state index in [2.05, 4.69) is 22.2 Å². The second-order valence-electron chi connectivity index (χ2n) is 4.47. The van der Waals surface area contributed by atoms with Crippen molar-refractivity contribution < 1.29 is 4.74 Å². The molecule has 1 heterocycles. The Kier molecular flexibility index (Phi) is 6.25. The van der Waals surface area contributed by atoms with E-state index in [9.17, 15) is 0 Å². The average molecular weight is 294 g/mol. The Hall–Kier alpha value is -1.81. The fourth-order valence-electron chi connectivity index (χ4n) is 1.77. The summed E-state index contributed by atoms with van der Waals surface area (Å²) in [5, 5.41) is 3.19. The first-order chi connectivity index (χ1) is 9.17. The highest BCUT2D eigenvalue weighted by molar-refractivity contribution is 5.85. The highest BCUT2D eigenvalue weighted by Crippen LogP contribution is 2.18. The maximum Gasteiger partial charge on any atom is 0.227 e. The van der Waals surface area contributed by atoms with Gasteiger partial charge in [0.25, 0.3) is 0 Å². The molecule has 0 saturated carbocycles. The zero-order chi connectivity index (χ0) is 13.7. The van der Waals surface area contributed by atoms with Gasteiger partial charge in [0.2, 0.25) is 5.95 Å². The Bertz CT molecular complexity index is 523. The molecule has 20 heavy (non-hydrogen) atoms. The maximum absolute atomic E-state index is 5.54. The zero-order valence-electron chi connectivity index (χ0n) is 12.0. The number of aromatic nitrogens is 2. The average Bonchev–Trinajstić information content (AvgIpc) is 2.37. The van der Waals surface area contributed by atoms with Crippen LogP contribution in [-0.4, -0.2) is 16.6 Å². The van der Waals surface area contributed by atoms with E-state index in [4.69, 9.17) is 4.74 Å². The quantitative estimate of drug-likeness (QED) is 0.903. The largest absolute Gasteiger partial charge is 0.494 e. The van der Waals surface area contributed by atoms with E-state index >= 15 is 0 Å². The SMILES string of the molecule is CCCOc1ccc(Nc2nc(C)cc(C)n2)cc1.Cl. The predicted octanol–water partition coefficient (Wildman–Crippen LogP) is 4.05. The van der Waals surface area contributed by atoms with E-state index in [0.29, 0.717) is 5.95 Å². The summed E-state index contributed by atoms with van der Waals surface area (Å²) in [6, 6.07) is 9.77. The third-order valence-electron chi connectivity index (χ3n) is 2.57. The molecule has 0 aliphatic heterocycles. The molecule has 2 aromatic rings. The number of halogens is 1. The number of aryl methyl sites for hydroxylation is 2. The fourth-order valence-corrected chi connectivity index (χ4v) is 1.77. The molecule has 0 aliphatic carbocycles. The van der Waals surface area contributed by atoms with Crippen LogP contribution in [0.25, 0.3) is 0 Å². The van der Waals surface area contributed by atoms with Crippen LogP contribution >= 0.6 is 12.4 Å². The molecule has 108 valence electrons. The number of ether oxygens (including phenoxy) is 1. The first kappa shape index (κ1) is 16.2. The van der Waals surface area contributed by atoms with Crippen molar-refractivity contribution in [2.45, 2.75) is 27.2 Å². The van der Waals surface area contributed by atoms with Crippen molar-refractivity contribution in [1.29, 1.82) is 0 Å². The summed E-state index contributed by atoms with van der Waals surface area (Å²) in [6.07, 6.45) is 1.01. The van der Waals surface area contributed by atoms with E-state index in [1.165, 1.54) is 0 Å². The lowest BCUT2D eigenvalue weighted by molar-refractivity contribution is 0.317. The Labute approximate surface area is 126 Å². The van der Waals surface area contributed by atoms with Gasteiger partial charge in [0, 0.05) is 17.1 Å². The van der Waals surface area contributed by atoms with Gasteiger partial charge < -0.3 is 10.1 Å². The highest BCUT2D eigenvalue weighted by Gasteiger charge is 2.00. The van der Waals surface area contributed by atoms with E-state index in [1.54, 1.807) is 0 Å². The van der Waals surface area contributed by atoms with Crippen LogP contribution in [0.15, 0.2) is 30.3 Å². The van der Waals surface area contributed by atoms with Crippen LogP contribution in [0.5, 0.6) is 5.75 Å². The molecule has 0 atom stereocenters. The smallest absolute Gasteiger partial charge is 0.227 e. The normalized spacial score (nSPS) is 9.75. The molecule has 0 unspecified atom stereocenters. The highest BCUT2D eigenvalue weighted by atomic mass is 35.5. The van der Waals surface area contributed by atoms with E-state index in [0.717, 1.165) is 35.9 Å². The first-order valence-electron chi connectivity index (χ1n) is 6.49. The predicted molar refractivity (Wildman–Crippen MR) is 84.3 cm³/mol. The molecule has 2 rings (SSSR count). The zero-order valence-corrected chi connectivity index (χ0v) is 12.8. The van der Waals surface area contributed by atoms with E-state index in [1.807, 2.05) is 44.2 Å².